The highest BCUT2D eigenvalue weighted by molar-refractivity contribution is 7.92. The number of nitrogens with zero attached hydrogens (tertiary/aromatic N) is 1. The molecule has 0 radical (unpaired) electrons. The summed E-state index contributed by atoms with van der Waals surface area (Å²) in [6.45, 7) is 2.98. The maximum atomic E-state index is 11.2. The molecule has 0 spiro atoms. The first kappa shape index (κ1) is 15.5. The van der Waals surface area contributed by atoms with Gasteiger partial charge in [0.15, 0.2) is 5.70 Å². The molecule has 0 aliphatic carbocycles. The van der Waals surface area contributed by atoms with Crippen LogP contribution in [-0.4, -0.2) is 28.6 Å². The van der Waals surface area contributed by atoms with Crippen LogP contribution < -0.4 is 4.72 Å². The van der Waals surface area contributed by atoms with Crippen molar-refractivity contribution in [3.8, 4) is 0 Å². The summed E-state index contributed by atoms with van der Waals surface area (Å²) < 4.78 is 3.67. The molecule has 7 heteroatoms. The summed E-state index contributed by atoms with van der Waals surface area (Å²) in [4.78, 5) is 11.2. The number of nitrogens with one attached hydrogen (secondary N) is 1. The third-order valence-electron chi connectivity index (χ3n) is 3.19. The minimum Gasteiger partial charge on any atom is -0.478 e. The molecule has 2 N–H and O–H groups in total. The number of carboxylic acid groups (broad SMARTS) is 1. The van der Waals surface area contributed by atoms with E-state index < -0.39 is 5.97 Å². The number of carboxylic acids is 1. The molecule has 1 unspecified atom stereocenters. The number of benzene rings is 1. The lowest BCUT2D eigenvalue weighted by atomic mass is 10.1. The zero-order valence-electron chi connectivity index (χ0n) is 11.1. The van der Waals surface area contributed by atoms with Crippen molar-refractivity contribution in [2.24, 2.45) is 0 Å². The molecule has 1 atom stereocenters. The molecule has 1 aromatic carbocycles. The first-order valence-electron chi connectivity index (χ1n) is 6.12. The minimum atomic E-state index is -1.06. The normalized spacial score (nSPS) is 21.5. The van der Waals surface area contributed by atoms with Crippen LogP contribution in [-0.2, 0) is 0 Å². The smallest absolute Gasteiger partial charge is 0.337 e. The molecule has 0 bridgehead atoms. The Morgan fingerprint density at radius 2 is 2.15 bits per heavy atom. The lowest BCUT2D eigenvalue weighted by Gasteiger charge is -2.28. The van der Waals surface area contributed by atoms with Crippen LogP contribution >= 0.6 is 35.3 Å². The Morgan fingerprint density at radius 1 is 1.45 bits per heavy atom. The average molecular weight is 334 g/mol. The lowest BCUT2D eigenvalue weighted by Crippen LogP contribution is -2.33. The maximum absolute atomic E-state index is 11.2. The van der Waals surface area contributed by atoms with Crippen LogP contribution in [0.15, 0.2) is 18.3 Å². The molecular formula is C13H15Cl2N2O2S+. The van der Waals surface area contributed by atoms with E-state index in [1.807, 2.05) is 13.2 Å². The molecule has 1 aliphatic heterocycles. The Labute approximate surface area is 132 Å². The molecule has 1 heterocycles. The van der Waals surface area contributed by atoms with Gasteiger partial charge in [-0.2, -0.15) is 0 Å². The molecule has 4 nitrogen and oxygen atoms in total. The van der Waals surface area contributed by atoms with Crippen molar-refractivity contribution in [2.45, 2.75) is 13.3 Å². The number of hydrogen-bond donors (Lipinski definition) is 2. The number of hydrogen-bond acceptors (Lipinski definition) is 3. The van der Waals surface area contributed by atoms with E-state index >= 15 is 0 Å². The van der Waals surface area contributed by atoms with Gasteiger partial charge >= 0.3 is 5.97 Å². The van der Waals surface area contributed by atoms with Crippen molar-refractivity contribution in [1.82, 2.24) is 4.72 Å². The van der Waals surface area contributed by atoms with Crippen LogP contribution in [0.25, 0.3) is 5.70 Å². The second-order valence-electron chi connectivity index (χ2n) is 4.65. The quantitative estimate of drug-likeness (QED) is 0.645. The molecule has 0 amide bonds. The molecule has 1 aliphatic rings. The Hall–Kier alpha value is -0.880. The molecule has 0 saturated heterocycles. The molecule has 0 aromatic heterocycles. The standard InChI is InChI=1S/C13H14Cl2N2O2S/c1-3-6-17(2)10(7-16-20-17)11-9(14)5-4-8(12(11)15)13(18)19/h4-5,7,16H,3,6H2,1-2H3/p+1. The largest absolute Gasteiger partial charge is 0.478 e. The van der Waals surface area contributed by atoms with E-state index in [1.54, 1.807) is 6.07 Å². The molecular weight excluding hydrogens is 319 g/mol. The fourth-order valence-electron chi connectivity index (χ4n) is 2.24. The zero-order chi connectivity index (χ0) is 14.9. The van der Waals surface area contributed by atoms with Crippen molar-refractivity contribution >= 4 is 47.0 Å². The van der Waals surface area contributed by atoms with Crippen molar-refractivity contribution in [2.75, 3.05) is 13.6 Å². The van der Waals surface area contributed by atoms with Gasteiger partial charge in [0, 0.05) is 0 Å². The van der Waals surface area contributed by atoms with Crippen molar-refractivity contribution in [1.29, 1.82) is 0 Å². The van der Waals surface area contributed by atoms with Crippen LogP contribution in [0.5, 0.6) is 0 Å². The average Bonchev–Trinajstić information content (AvgIpc) is 2.71. The van der Waals surface area contributed by atoms with Gasteiger partial charge in [-0.05, 0) is 18.6 Å². The summed E-state index contributed by atoms with van der Waals surface area (Å²) in [5.41, 5.74) is 1.53. The summed E-state index contributed by atoms with van der Waals surface area (Å²) >= 11 is 14.0. The predicted molar refractivity (Wildman–Crippen MR) is 83.5 cm³/mol. The van der Waals surface area contributed by atoms with Gasteiger partial charge in [-0.25, -0.2) is 8.68 Å². The number of carbonyl (C=O) groups is 1. The van der Waals surface area contributed by atoms with E-state index in [1.165, 1.54) is 18.2 Å². The SMILES string of the molecule is CCC[N+]1(C)SNC=C1c1c(Cl)ccc(C(=O)O)c1Cl. The van der Waals surface area contributed by atoms with Gasteiger partial charge in [0.25, 0.3) is 0 Å². The maximum Gasteiger partial charge on any atom is 0.337 e. The number of quaternary nitrogens is 1. The van der Waals surface area contributed by atoms with Gasteiger partial charge in [0.2, 0.25) is 12.1 Å². The summed E-state index contributed by atoms with van der Waals surface area (Å²) in [6.07, 6.45) is 2.81. The van der Waals surface area contributed by atoms with Crippen LogP contribution in [0, 0.1) is 0 Å². The van der Waals surface area contributed by atoms with Crippen LogP contribution in [0.4, 0.5) is 0 Å². The summed E-state index contributed by atoms with van der Waals surface area (Å²) in [7, 11) is 2.04. The van der Waals surface area contributed by atoms with E-state index in [4.69, 9.17) is 23.2 Å². The van der Waals surface area contributed by atoms with E-state index in [2.05, 4.69) is 11.6 Å². The Kier molecular flexibility index (Phi) is 4.54. The first-order valence-corrected chi connectivity index (χ1v) is 7.65. The van der Waals surface area contributed by atoms with E-state index in [0.29, 0.717) is 14.5 Å². The second-order valence-corrected chi connectivity index (χ2v) is 6.66. The topological polar surface area (TPSA) is 49.3 Å². The van der Waals surface area contributed by atoms with Gasteiger partial charge in [0.1, 0.15) is 0 Å². The van der Waals surface area contributed by atoms with Crippen molar-refractivity contribution < 1.29 is 13.8 Å². The van der Waals surface area contributed by atoms with Gasteiger partial charge in [-0.3, -0.25) is 4.72 Å². The van der Waals surface area contributed by atoms with Crippen LogP contribution in [0.3, 0.4) is 0 Å². The molecule has 0 saturated carbocycles. The van der Waals surface area contributed by atoms with E-state index in [9.17, 15) is 9.90 Å². The summed E-state index contributed by atoms with van der Waals surface area (Å²) in [5, 5.41) is 9.82. The molecule has 20 heavy (non-hydrogen) atoms. The molecule has 1 aromatic rings. The lowest BCUT2D eigenvalue weighted by molar-refractivity contribution is -0.692. The van der Waals surface area contributed by atoms with Crippen LogP contribution in [0.1, 0.15) is 29.3 Å². The Balaban J connectivity index is 2.58. The van der Waals surface area contributed by atoms with Gasteiger partial charge in [-0.1, -0.05) is 30.1 Å². The first-order chi connectivity index (χ1) is 9.40. The van der Waals surface area contributed by atoms with Crippen molar-refractivity contribution in [3.63, 3.8) is 0 Å². The summed E-state index contributed by atoms with van der Waals surface area (Å²) in [5.74, 6) is -1.06. The van der Waals surface area contributed by atoms with Gasteiger partial charge in [-0.15, -0.1) is 0 Å². The third kappa shape index (κ3) is 2.63. The van der Waals surface area contributed by atoms with Crippen LogP contribution in [0.2, 0.25) is 10.0 Å². The van der Waals surface area contributed by atoms with E-state index in [0.717, 1.165) is 18.7 Å². The number of aromatic carboxylic acids is 1. The minimum absolute atomic E-state index is 0.0620. The molecule has 0 fully saturated rings. The Morgan fingerprint density at radius 3 is 2.75 bits per heavy atom. The molecule has 2 rings (SSSR count). The highest BCUT2D eigenvalue weighted by Crippen LogP contribution is 2.43. The summed E-state index contributed by atoms with van der Waals surface area (Å²) in [6, 6.07) is 3.00. The Bertz CT molecular complexity index is 592. The predicted octanol–water partition coefficient (Wildman–Crippen LogP) is 4.01. The van der Waals surface area contributed by atoms with Gasteiger partial charge < -0.3 is 5.11 Å². The van der Waals surface area contributed by atoms with Crippen molar-refractivity contribution in [3.05, 3.63) is 39.5 Å². The number of rotatable bonds is 4. The fraction of sp³-hybridized carbons (Fsp3) is 0.308. The number of halogens is 2. The third-order valence-corrected chi connectivity index (χ3v) is 4.90. The van der Waals surface area contributed by atoms with Gasteiger partial charge in [0.05, 0.1) is 41.0 Å². The second kappa shape index (κ2) is 5.85. The molecule has 108 valence electrons. The highest BCUT2D eigenvalue weighted by atomic mass is 35.5. The zero-order valence-corrected chi connectivity index (χ0v) is 13.4. The fourth-order valence-corrected chi connectivity index (χ4v) is 3.80. The highest BCUT2D eigenvalue weighted by Gasteiger charge is 2.38. The monoisotopic (exact) mass is 333 g/mol. The van der Waals surface area contributed by atoms with E-state index in [-0.39, 0.29) is 10.6 Å².